The molecule has 26 heavy (non-hydrogen) atoms. The van der Waals surface area contributed by atoms with Gasteiger partial charge < -0.3 is 15.0 Å². The molecule has 2 aliphatic heterocycles. The highest BCUT2D eigenvalue weighted by Crippen LogP contribution is 2.32. The maximum Gasteiger partial charge on any atom is 0.255 e. The van der Waals surface area contributed by atoms with Crippen LogP contribution >= 0.6 is 11.8 Å². The van der Waals surface area contributed by atoms with Crippen LogP contribution in [-0.2, 0) is 9.53 Å². The normalized spacial score (nSPS) is 23.8. The van der Waals surface area contributed by atoms with Crippen molar-refractivity contribution in [1.29, 1.82) is 0 Å². The number of hydrogen-bond donors (Lipinski definition) is 1. The molecule has 7 heteroatoms. The second-order valence-corrected chi connectivity index (χ2v) is 7.75. The molecule has 2 atom stereocenters. The Hall–Kier alpha value is -1.57. The smallest absolute Gasteiger partial charge is 0.255 e. The molecule has 1 aromatic carbocycles. The highest BCUT2D eigenvalue weighted by molar-refractivity contribution is 8.00. The molecule has 2 heterocycles. The number of rotatable bonds is 6. The van der Waals surface area contributed by atoms with Gasteiger partial charge in [0.25, 0.3) is 5.91 Å². The van der Waals surface area contributed by atoms with Crippen molar-refractivity contribution in [2.75, 3.05) is 45.1 Å². The van der Waals surface area contributed by atoms with E-state index < -0.39 is 6.04 Å². The molecule has 2 saturated heterocycles. The molecule has 1 N–H and O–H groups in total. The Labute approximate surface area is 159 Å². The van der Waals surface area contributed by atoms with Crippen molar-refractivity contribution in [3.63, 3.8) is 0 Å². The molecule has 2 amide bonds. The summed E-state index contributed by atoms with van der Waals surface area (Å²) in [6, 6.07) is 8.82. The number of nitrogens with zero attached hydrogens (tertiary/aromatic N) is 2. The molecule has 0 bridgehead atoms. The molecule has 6 nitrogen and oxygen atoms in total. The van der Waals surface area contributed by atoms with Crippen molar-refractivity contribution in [3.8, 4) is 0 Å². The summed E-state index contributed by atoms with van der Waals surface area (Å²) < 4.78 is 5.34. The molecule has 2 unspecified atom stereocenters. The van der Waals surface area contributed by atoms with Gasteiger partial charge in [0.2, 0.25) is 5.91 Å². The zero-order valence-corrected chi connectivity index (χ0v) is 16.0. The number of morpholine rings is 1. The summed E-state index contributed by atoms with van der Waals surface area (Å²) in [4.78, 5) is 29.8. The van der Waals surface area contributed by atoms with Gasteiger partial charge in [-0.3, -0.25) is 14.5 Å². The fraction of sp³-hybridized carbons (Fsp3) is 0.579. The lowest BCUT2D eigenvalue weighted by Crippen LogP contribution is -2.51. The van der Waals surface area contributed by atoms with E-state index in [1.165, 1.54) is 0 Å². The van der Waals surface area contributed by atoms with E-state index in [0.717, 1.165) is 39.3 Å². The number of benzene rings is 1. The molecule has 142 valence electrons. The summed E-state index contributed by atoms with van der Waals surface area (Å²) in [6.45, 7) is 6.80. The maximum absolute atomic E-state index is 13.0. The van der Waals surface area contributed by atoms with E-state index in [2.05, 4.69) is 17.1 Å². The number of amides is 2. The summed E-state index contributed by atoms with van der Waals surface area (Å²) in [7, 11) is 0. The largest absolute Gasteiger partial charge is 0.379 e. The van der Waals surface area contributed by atoms with Gasteiger partial charge in [0.15, 0.2) is 0 Å². The Kier molecular flexibility index (Phi) is 6.93. The zero-order chi connectivity index (χ0) is 18.4. The van der Waals surface area contributed by atoms with Gasteiger partial charge in [0, 0.05) is 37.5 Å². The number of hydrogen-bond acceptors (Lipinski definition) is 5. The Morgan fingerprint density at radius 1 is 1.23 bits per heavy atom. The molecule has 1 aromatic rings. The summed E-state index contributed by atoms with van der Waals surface area (Å²) in [5, 5.41) is 3.08. The van der Waals surface area contributed by atoms with Crippen LogP contribution in [0.3, 0.4) is 0 Å². The van der Waals surface area contributed by atoms with E-state index in [0.29, 0.717) is 17.9 Å². The molecule has 0 spiro atoms. The molecule has 2 aliphatic rings. The summed E-state index contributed by atoms with van der Waals surface area (Å²) >= 11 is 1.69. The summed E-state index contributed by atoms with van der Waals surface area (Å²) in [5.41, 5.74) is 0.638. The van der Waals surface area contributed by atoms with E-state index >= 15 is 0 Å². The first-order valence-electron chi connectivity index (χ1n) is 9.28. The van der Waals surface area contributed by atoms with E-state index in [1.807, 2.05) is 30.3 Å². The van der Waals surface area contributed by atoms with Crippen LogP contribution in [0.25, 0.3) is 0 Å². The third-order valence-corrected chi connectivity index (χ3v) is 6.28. The molecule has 0 saturated carbocycles. The van der Waals surface area contributed by atoms with Gasteiger partial charge >= 0.3 is 0 Å². The Bertz CT molecular complexity index is 607. The number of carbonyl (C=O) groups excluding carboxylic acids is 2. The molecule has 0 aliphatic carbocycles. The first kappa shape index (κ1) is 19.2. The van der Waals surface area contributed by atoms with Crippen LogP contribution in [0.5, 0.6) is 0 Å². The van der Waals surface area contributed by atoms with Crippen molar-refractivity contribution in [2.24, 2.45) is 0 Å². The number of thioether (sulfide) groups is 1. The van der Waals surface area contributed by atoms with Gasteiger partial charge in [-0.15, -0.1) is 11.8 Å². The van der Waals surface area contributed by atoms with Crippen LogP contribution in [0.1, 0.15) is 23.7 Å². The van der Waals surface area contributed by atoms with Gasteiger partial charge in [0.1, 0.15) is 6.04 Å². The third kappa shape index (κ3) is 4.58. The predicted molar refractivity (Wildman–Crippen MR) is 103 cm³/mol. The fourth-order valence-electron chi connectivity index (χ4n) is 3.36. The summed E-state index contributed by atoms with van der Waals surface area (Å²) in [6.07, 6.45) is 0.834. The lowest BCUT2D eigenvalue weighted by Gasteiger charge is -2.29. The van der Waals surface area contributed by atoms with Crippen LogP contribution in [0.4, 0.5) is 0 Å². The number of carbonyl (C=O) groups is 2. The van der Waals surface area contributed by atoms with Gasteiger partial charge in [-0.1, -0.05) is 25.1 Å². The quantitative estimate of drug-likeness (QED) is 0.813. The van der Waals surface area contributed by atoms with Gasteiger partial charge in [-0.05, 0) is 18.6 Å². The summed E-state index contributed by atoms with van der Waals surface area (Å²) in [5.74, 6) is 0.544. The number of ether oxygens (including phenoxy) is 1. The topological polar surface area (TPSA) is 61.9 Å². The SMILES string of the molecule is CCC1SCC(C(=O)NCCN2CCOCC2)N1C(=O)c1ccccc1. The fourth-order valence-corrected chi connectivity index (χ4v) is 4.72. The van der Waals surface area contributed by atoms with Crippen LogP contribution in [0.15, 0.2) is 30.3 Å². The monoisotopic (exact) mass is 377 g/mol. The lowest BCUT2D eigenvalue weighted by molar-refractivity contribution is -0.124. The van der Waals surface area contributed by atoms with Gasteiger partial charge in [-0.2, -0.15) is 0 Å². The second kappa shape index (κ2) is 9.39. The minimum atomic E-state index is -0.401. The van der Waals surface area contributed by atoms with Crippen LogP contribution in [0.2, 0.25) is 0 Å². The van der Waals surface area contributed by atoms with Crippen molar-refractivity contribution < 1.29 is 14.3 Å². The molecule has 3 rings (SSSR count). The molecular formula is C19H27N3O3S. The Balaban J connectivity index is 1.59. The number of nitrogens with one attached hydrogen (secondary N) is 1. The minimum Gasteiger partial charge on any atom is -0.379 e. The molecule has 0 aromatic heterocycles. The van der Waals surface area contributed by atoms with Crippen molar-refractivity contribution in [3.05, 3.63) is 35.9 Å². The highest BCUT2D eigenvalue weighted by Gasteiger charge is 2.40. The van der Waals surface area contributed by atoms with E-state index in [9.17, 15) is 9.59 Å². The third-order valence-electron chi connectivity index (χ3n) is 4.83. The predicted octanol–water partition coefficient (Wildman–Crippen LogP) is 1.43. The first-order chi connectivity index (χ1) is 12.7. The lowest BCUT2D eigenvalue weighted by atomic mass is 10.1. The van der Waals surface area contributed by atoms with Gasteiger partial charge in [0.05, 0.1) is 18.6 Å². The molecule has 0 radical (unpaired) electrons. The average Bonchev–Trinajstić information content (AvgIpc) is 3.13. The maximum atomic E-state index is 13.0. The average molecular weight is 378 g/mol. The van der Waals surface area contributed by atoms with Crippen molar-refractivity contribution in [1.82, 2.24) is 15.1 Å². The zero-order valence-electron chi connectivity index (χ0n) is 15.2. The van der Waals surface area contributed by atoms with Crippen LogP contribution < -0.4 is 5.32 Å². The van der Waals surface area contributed by atoms with Gasteiger partial charge in [-0.25, -0.2) is 0 Å². The molecular weight excluding hydrogens is 350 g/mol. The van der Waals surface area contributed by atoms with Crippen LogP contribution in [-0.4, -0.2) is 78.2 Å². The standard InChI is InChI=1S/C19H27N3O3S/c1-2-17-22(19(24)15-6-4-3-5-7-15)16(14-26-17)18(23)20-8-9-21-10-12-25-13-11-21/h3-7,16-17H,2,8-14H2,1H3,(H,20,23). The van der Waals surface area contributed by atoms with Crippen molar-refractivity contribution >= 4 is 23.6 Å². The van der Waals surface area contributed by atoms with E-state index in [1.54, 1.807) is 16.7 Å². The Morgan fingerprint density at radius 3 is 2.65 bits per heavy atom. The van der Waals surface area contributed by atoms with Crippen molar-refractivity contribution in [2.45, 2.75) is 24.8 Å². The van der Waals surface area contributed by atoms with E-state index in [4.69, 9.17) is 4.74 Å². The molecule has 2 fully saturated rings. The van der Waals surface area contributed by atoms with Crippen LogP contribution in [0, 0.1) is 0 Å². The van der Waals surface area contributed by atoms with E-state index in [-0.39, 0.29) is 17.2 Å². The minimum absolute atomic E-state index is 0.0500. The second-order valence-electron chi connectivity index (χ2n) is 6.54. The highest BCUT2D eigenvalue weighted by atomic mass is 32.2. The first-order valence-corrected chi connectivity index (χ1v) is 10.3. The Morgan fingerprint density at radius 2 is 1.96 bits per heavy atom.